The molecular weight excluding hydrogens is 356 g/mol. The maximum atomic E-state index is 13.1. The third-order valence-electron chi connectivity index (χ3n) is 4.69. The summed E-state index contributed by atoms with van der Waals surface area (Å²) in [5.74, 6) is -2.25. The van der Waals surface area contributed by atoms with Gasteiger partial charge in [-0.15, -0.1) is 0 Å². The number of likely N-dealkylation sites (tertiary alicyclic amines) is 1. The van der Waals surface area contributed by atoms with E-state index in [9.17, 15) is 19.5 Å². The Bertz CT molecular complexity index is 904. The molecule has 0 radical (unpaired) electrons. The maximum Gasteiger partial charge on any atom is 0.270 e. The van der Waals surface area contributed by atoms with Gasteiger partial charge in [0.05, 0.1) is 12.0 Å². The summed E-state index contributed by atoms with van der Waals surface area (Å²) in [5.41, 5.74) is 2.23. The smallest absolute Gasteiger partial charge is 0.270 e. The van der Waals surface area contributed by atoms with Crippen LogP contribution in [0.15, 0.2) is 60.3 Å². The number of rotatable bonds is 5. The van der Waals surface area contributed by atoms with Crippen LogP contribution >= 0.6 is 0 Å². The quantitative estimate of drug-likeness (QED) is 0.800. The van der Waals surface area contributed by atoms with Crippen molar-refractivity contribution in [1.29, 1.82) is 0 Å². The van der Waals surface area contributed by atoms with E-state index in [4.69, 9.17) is 0 Å². The molecule has 1 atom stereocenters. The number of aryl methyl sites for hydroxylation is 1. The van der Waals surface area contributed by atoms with Crippen LogP contribution in [0.4, 0.5) is 0 Å². The number of carboxylic acid groups (broad SMARTS) is 1. The average Bonchev–Trinajstić information content (AvgIpc) is 3.19. The fourth-order valence-corrected chi connectivity index (χ4v) is 3.17. The molecule has 1 N–H and O–H groups in total. The van der Waals surface area contributed by atoms with E-state index in [1.165, 1.54) is 4.90 Å². The topological polar surface area (TPSA) is 89.5 Å². The largest absolute Gasteiger partial charge is 0.548 e. The van der Waals surface area contributed by atoms with Gasteiger partial charge in [0.1, 0.15) is 5.70 Å². The Balaban J connectivity index is 1.92. The van der Waals surface area contributed by atoms with Crippen LogP contribution in [0.2, 0.25) is 0 Å². The zero-order valence-corrected chi connectivity index (χ0v) is 15.6. The predicted octanol–water partition coefficient (Wildman–Crippen LogP) is 1.51. The van der Waals surface area contributed by atoms with Crippen molar-refractivity contribution in [3.8, 4) is 0 Å². The highest BCUT2D eigenvalue weighted by molar-refractivity contribution is 6.06. The summed E-state index contributed by atoms with van der Waals surface area (Å²) in [4.78, 5) is 38.3. The molecule has 2 amide bonds. The molecule has 0 aromatic heterocycles. The van der Waals surface area contributed by atoms with Gasteiger partial charge in [-0.1, -0.05) is 48.0 Å². The Morgan fingerprint density at radius 1 is 1.07 bits per heavy atom. The number of aliphatic carboxylic acids is 1. The molecule has 1 aliphatic heterocycles. The minimum absolute atomic E-state index is 0.0332. The normalized spacial score (nSPS) is 16.7. The Hall–Kier alpha value is -3.41. The standard InChI is InChI=1S/C22H22N2O4/c1-15-9-11-16(12-10-15)14-18(23-20(25)17-6-3-2-4-7-17)21(26)24-13-5-8-19(24)22(27)28/h2-4,6-7,9-12,14,19H,5,8,13H2,1H3,(H,23,25)(H,27,28)/p-1/b18-14-/t19-/m0/s1. The van der Waals surface area contributed by atoms with Gasteiger partial charge in [0, 0.05) is 12.1 Å². The molecule has 3 rings (SSSR count). The maximum absolute atomic E-state index is 13.1. The Morgan fingerprint density at radius 3 is 2.39 bits per heavy atom. The van der Waals surface area contributed by atoms with Crippen LogP contribution in [0, 0.1) is 6.92 Å². The third kappa shape index (κ3) is 4.46. The lowest BCUT2D eigenvalue weighted by molar-refractivity contribution is -0.310. The molecule has 144 valence electrons. The van der Waals surface area contributed by atoms with Gasteiger partial charge in [-0.25, -0.2) is 0 Å². The molecule has 0 saturated carbocycles. The number of nitrogens with zero attached hydrogens (tertiary/aromatic N) is 1. The number of amides is 2. The van der Waals surface area contributed by atoms with E-state index in [2.05, 4.69) is 5.32 Å². The summed E-state index contributed by atoms with van der Waals surface area (Å²) in [7, 11) is 0. The first-order valence-corrected chi connectivity index (χ1v) is 9.12. The summed E-state index contributed by atoms with van der Waals surface area (Å²) < 4.78 is 0. The van der Waals surface area contributed by atoms with Crippen LogP contribution in [0.5, 0.6) is 0 Å². The molecule has 0 unspecified atom stereocenters. The molecule has 1 saturated heterocycles. The Kier molecular flexibility index (Phi) is 5.89. The van der Waals surface area contributed by atoms with Gasteiger partial charge in [-0.3, -0.25) is 9.59 Å². The summed E-state index contributed by atoms with van der Waals surface area (Å²) in [6.45, 7) is 2.26. The van der Waals surface area contributed by atoms with E-state index in [-0.39, 0.29) is 5.70 Å². The SMILES string of the molecule is Cc1ccc(/C=C(\NC(=O)c2ccccc2)C(=O)N2CCC[C@H]2C(=O)[O-])cc1. The minimum Gasteiger partial charge on any atom is -0.548 e. The summed E-state index contributed by atoms with van der Waals surface area (Å²) >= 11 is 0. The average molecular weight is 377 g/mol. The molecule has 28 heavy (non-hydrogen) atoms. The van der Waals surface area contributed by atoms with E-state index in [1.54, 1.807) is 36.4 Å². The highest BCUT2D eigenvalue weighted by Crippen LogP contribution is 2.20. The molecule has 1 fully saturated rings. The molecular formula is C22H21N2O4-. The minimum atomic E-state index is -1.28. The van der Waals surface area contributed by atoms with Crippen molar-refractivity contribution in [2.24, 2.45) is 0 Å². The van der Waals surface area contributed by atoms with Gasteiger partial charge in [0.15, 0.2) is 0 Å². The van der Waals surface area contributed by atoms with Crippen LogP contribution in [0.25, 0.3) is 6.08 Å². The summed E-state index contributed by atoms with van der Waals surface area (Å²) in [6, 6.07) is 15.0. The van der Waals surface area contributed by atoms with Gasteiger partial charge in [0.2, 0.25) is 0 Å². The molecule has 0 bridgehead atoms. The van der Waals surface area contributed by atoms with Crippen LogP contribution in [0.3, 0.4) is 0 Å². The van der Waals surface area contributed by atoms with Crippen molar-refractivity contribution < 1.29 is 19.5 Å². The second-order valence-electron chi connectivity index (χ2n) is 6.76. The van der Waals surface area contributed by atoms with Crippen molar-refractivity contribution in [3.63, 3.8) is 0 Å². The molecule has 0 spiro atoms. The third-order valence-corrected chi connectivity index (χ3v) is 4.69. The summed E-state index contributed by atoms with van der Waals surface area (Å²) in [6.07, 6.45) is 2.49. The van der Waals surface area contributed by atoms with Crippen molar-refractivity contribution in [1.82, 2.24) is 10.2 Å². The number of carbonyl (C=O) groups is 3. The monoisotopic (exact) mass is 377 g/mol. The Labute approximate surface area is 163 Å². The van der Waals surface area contributed by atoms with Crippen molar-refractivity contribution in [2.75, 3.05) is 6.54 Å². The molecule has 2 aromatic carbocycles. The van der Waals surface area contributed by atoms with E-state index in [0.29, 0.717) is 24.9 Å². The van der Waals surface area contributed by atoms with Gasteiger partial charge in [0.25, 0.3) is 11.8 Å². The van der Waals surface area contributed by atoms with Crippen LogP contribution < -0.4 is 10.4 Å². The highest BCUT2D eigenvalue weighted by Gasteiger charge is 2.32. The van der Waals surface area contributed by atoms with Crippen molar-refractivity contribution in [3.05, 3.63) is 77.0 Å². The first-order valence-electron chi connectivity index (χ1n) is 9.12. The molecule has 1 aliphatic rings. The molecule has 1 heterocycles. The molecule has 6 nitrogen and oxygen atoms in total. The lowest BCUT2D eigenvalue weighted by Crippen LogP contribution is -2.49. The van der Waals surface area contributed by atoms with Gasteiger partial charge < -0.3 is 20.1 Å². The van der Waals surface area contributed by atoms with E-state index < -0.39 is 23.8 Å². The van der Waals surface area contributed by atoms with Gasteiger partial charge in [-0.05, 0) is 43.5 Å². The number of hydrogen-bond acceptors (Lipinski definition) is 4. The zero-order valence-electron chi connectivity index (χ0n) is 15.6. The fourth-order valence-electron chi connectivity index (χ4n) is 3.17. The molecule has 0 aliphatic carbocycles. The number of hydrogen-bond donors (Lipinski definition) is 1. The first-order chi connectivity index (χ1) is 13.5. The number of nitrogens with one attached hydrogen (secondary N) is 1. The second kappa shape index (κ2) is 8.52. The highest BCUT2D eigenvalue weighted by atomic mass is 16.4. The Morgan fingerprint density at radius 2 is 1.75 bits per heavy atom. The fraction of sp³-hybridized carbons (Fsp3) is 0.227. The summed E-state index contributed by atoms with van der Waals surface area (Å²) in [5, 5.41) is 14.0. The van der Waals surface area contributed by atoms with Crippen LogP contribution in [-0.2, 0) is 9.59 Å². The number of benzene rings is 2. The number of carboxylic acids is 1. The van der Waals surface area contributed by atoms with Gasteiger partial charge >= 0.3 is 0 Å². The lowest BCUT2D eigenvalue weighted by Gasteiger charge is -2.26. The van der Waals surface area contributed by atoms with Crippen LogP contribution in [-0.4, -0.2) is 35.3 Å². The first kappa shape index (κ1) is 19.4. The van der Waals surface area contributed by atoms with E-state index >= 15 is 0 Å². The van der Waals surface area contributed by atoms with Crippen LogP contribution in [0.1, 0.15) is 34.3 Å². The lowest BCUT2D eigenvalue weighted by atomic mass is 10.1. The zero-order chi connectivity index (χ0) is 20.1. The molecule has 6 heteroatoms. The van der Waals surface area contributed by atoms with Crippen molar-refractivity contribution >= 4 is 23.9 Å². The van der Waals surface area contributed by atoms with E-state index in [1.807, 2.05) is 31.2 Å². The van der Waals surface area contributed by atoms with Crippen molar-refractivity contribution in [2.45, 2.75) is 25.8 Å². The number of carbonyl (C=O) groups excluding carboxylic acids is 3. The predicted molar refractivity (Wildman–Crippen MR) is 103 cm³/mol. The molecule has 2 aromatic rings. The van der Waals surface area contributed by atoms with E-state index in [0.717, 1.165) is 11.1 Å². The van der Waals surface area contributed by atoms with Gasteiger partial charge in [-0.2, -0.15) is 0 Å². The second-order valence-corrected chi connectivity index (χ2v) is 6.76.